The number of aromatic nitrogens is 1. The Morgan fingerprint density at radius 2 is 1.73 bits per heavy atom. The number of carbonyl (C=O) groups excluding carboxylic acids is 1. The van der Waals surface area contributed by atoms with Crippen LogP contribution in [-0.2, 0) is 4.79 Å². The van der Waals surface area contributed by atoms with Gasteiger partial charge in [0, 0.05) is 47.0 Å². The first-order valence-electron chi connectivity index (χ1n) is 9.45. The topological polar surface area (TPSA) is 61.1 Å². The van der Waals surface area contributed by atoms with Crippen molar-refractivity contribution in [2.24, 2.45) is 0 Å². The predicted octanol–water partition coefficient (Wildman–Crippen LogP) is 5.47. The van der Waals surface area contributed by atoms with Crippen LogP contribution in [0.4, 0.5) is 11.4 Å². The van der Waals surface area contributed by atoms with Gasteiger partial charge in [0.1, 0.15) is 11.6 Å². The lowest BCUT2D eigenvalue weighted by atomic mass is 10.1. The quantitative estimate of drug-likeness (QED) is 0.403. The summed E-state index contributed by atoms with van der Waals surface area (Å²) in [6.45, 7) is 4.00. The molecule has 30 heavy (non-hydrogen) atoms. The fourth-order valence-corrected chi connectivity index (χ4v) is 3.53. The van der Waals surface area contributed by atoms with E-state index in [0.717, 1.165) is 32.8 Å². The van der Waals surface area contributed by atoms with Gasteiger partial charge in [0.15, 0.2) is 0 Å². The smallest absolute Gasteiger partial charge is 0.266 e. The molecule has 0 fully saturated rings. The van der Waals surface area contributed by atoms with Crippen molar-refractivity contribution in [3.8, 4) is 11.8 Å². The van der Waals surface area contributed by atoms with Crippen LogP contribution >= 0.6 is 15.9 Å². The number of hydrogen-bond acceptors (Lipinski definition) is 3. The summed E-state index contributed by atoms with van der Waals surface area (Å²) in [6, 6.07) is 19.5. The number of hydrogen-bond donors (Lipinski definition) is 1. The van der Waals surface area contributed by atoms with Crippen LogP contribution in [0.15, 0.2) is 64.6 Å². The number of aryl methyl sites for hydroxylation is 1. The summed E-state index contributed by atoms with van der Waals surface area (Å²) < 4.78 is 3.04. The minimum Gasteiger partial charge on any atom is -0.378 e. The van der Waals surface area contributed by atoms with Crippen LogP contribution in [0, 0.1) is 25.2 Å². The maximum Gasteiger partial charge on any atom is 0.266 e. The van der Waals surface area contributed by atoms with Crippen molar-refractivity contribution < 1.29 is 4.79 Å². The second-order valence-electron chi connectivity index (χ2n) is 7.20. The molecule has 6 heteroatoms. The molecule has 152 valence electrons. The molecule has 0 radical (unpaired) electrons. The Labute approximate surface area is 185 Å². The minimum absolute atomic E-state index is 0.0566. The second-order valence-corrected chi connectivity index (χ2v) is 8.12. The molecule has 1 aromatic heterocycles. The maximum atomic E-state index is 12.6. The van der Waals surface area contributed by atoms with Gasteiger partial charge in [-0.1, -0.05) is 15.9 Å². The monoisotopic (exact) mass is 462 g/mol. The molecule has 0 aliphatic rings. The molecule has 0 bridgehead atoms. The zero-order chi connectivity index (χ0) is 21.8. The Kier molecular flexibility index (Phi) is 6.43. The van der Waals surface area contributed by atoms with Crippen molar-refractivity contribution >= 4 is 39.3 Å². The lowest BCUT2D eigenvalue weighted by Crippen LogP contribution is -2.13. The molecule has 1 amide bonds. The summed E-state index contributed by atoms with van der Waals surface area (Å²) >= 11 is 3.36. The fourth-order valence-electron chi connectivity index (χ4n) is 3.27. The number of halogens is 1. The van der Waals surface area contributed by atoms with E-state index in [0.29, 0.717) is 5.69 Å². The SMILES string of the molecule is Cc1cc(/C=C(/C#N)C(=O)Nc2ccc(Br)cc2)c(C)n1-c1ccc(N(C)C)cc1. The molecule has 0 spiro atoms. The molecule has 2 aromatic carbocycles. The average molecular weight is 463 g/mol. The highest BCUT2D eigenvalue weighted by molar-refractivity contribution is 9.10. The normalized spacial score (nSPS) is 11.1. The first kappa shape index (κ1) is 21.4. The van der Waals surface area contributed by atoms with Gasteiger partial charge in [0.2, 0.25) is 0 Å². The van der Waals surface area contributed by atoms with E-state index in [9.17, 15) is 10.1 Å². The highest BCUT2D eigenvalue weighted by atomic mass is 79.9. The predicted molar refractivity (Wildman–Crippen MR) is 126 cm³/mol. The van der Waals surface area contributed by atoms with Crippen LogP contribution in [0.25, 0.3) is 11.8 Å². The van der Waals surface area contributed by atoms with Crippen molar-refractivity contribution in [1.82, 2.24) is 4.57 Å². The van der Waals surface area contributed by atoms with Crippen molar-refractivity contribution in [3.63, 3.8) is 0 Å². The molecule has 0 atom stereocenters. The molecular weight excluding hydrogens is 440 g/mol. The third kappa shape index (κ3) is 4.64. The van der Waals surface area contributed by atoms with E-state index in [1.807, 2.05) is 52.2 Å². The number of anilines is 2. The fraction of sp³-hybridized carbons (Fsp3) is 0.167. The van der Waals surface area contributed by atoms with Gasteiger partial charge >= 0.3 is 0 Å². The van der Waals surface area contributed by atoms with Gasteiger partial charge in [-0.2, -0.15) is 5.26 Å². The lowest BCUT2D eigenvalue weighted by Gasteiger charge is -2.14. The number of nitrogens with one attached hydrogen (secondary N) is 1. The van der Waals surface area contributed by atoms with Gasteiger partial charge in [-0.15, -0.1) is 0 Å². The number of rotatable bonds is 5. The summed E-state index contributed by atoms with van der Waals surface area (Å²) in [5, 5.41) is 12.3. The first-order chi connectivity index (χ1) is 14.3. The molecule has 3 rings (SSSR count). The van der Waals surface area contributed by atoms with Crippen LogP contribution in [0.5, 0.6) is 0 Å². The second kappa shape index (κ2) is 9.02. The van der Waals surface area contributed by atoms with E-state index in [4.69, 9.17) is 0 Å². The molecule has 5 nitrogen and oxygen atoms in total. The highest BCUT2D eigenvalue weighted by Gasteiger charge is 2.14. The Balaban J connectivity index is 1.90. The van der Waals surface area contributed by atoms with Crippen LogP contribution in [0.1, 0.15) is 17.0 Å². The number of nitriles is 1. The molecular formula is C24H23BrN4O. The molecule has 3 aromatic rings. The number of carbonyl (C=O) groups is 1. The molecule has 0 saturated heterocycles. The molecule has 0 aliphatic heterocycles. The summed E-state index contributed by atoms with van der Waals surface area (Å²) in [7, 11) is 4.01. The molecule has 0 saturated carbocycles. The maximum absolute atomic E-state index is 12.6. The Bertz CT molecular complexity index is 1130. The van der Waals surface area contributed by atoms with Gasteiger partial charge < -0.3 is 14.8 Å². The Morgan fingerprint density at radius 3 is 2.30 bits per heavy atom. The van der Waals surface area contributed by atoms with Gasteiger partial charge in [-0.25, -0.2) is 0 Å². The molecule has 1 heterocycles. The largest absolute Gasteiger partial charge is 0.378 e. The van der Waals surface area contributed by atoms with Crippen LogP contribution in [0.2, 0.25) is 0 Å². The third-order valence-electron chi connectivity index (χ3n) is 4.86. The van der Waals surface area contributed by atoms with Gasteiger partial charge in [0.25, 0.3) is 5.91 Å². The average Bonchev–Trinajstić information content (AvgIpc) is 3.00. The molecule has 0 aliphatic carbocycles. The minimum atomic E-state index is -0.431. The third-order valence-corrected chi connectivity index (χ3v) is 5.39. The van der Waals surface area contributed by atoms with E-state index in [1.165, 1.54) is 0 Å². The Hall–Kier alpha value is -3.30. The van der Waals surface area contributed by atoms with Crippen LogP contribution in [0.3, 0.4) is 0 Å². The van der Waals surface area contributed by atoms with E-state index < -0.39 is 5.91 Å². The Morgan fingerprint density at radius 1 is 1.10 bits per heavy atom. The standard InChI is InChI=1S/C24H23BrN4O/c1-16-13-18(17(2)29(16)23-11-9-22(10-12-23)28(3)4)14-19(15-26)24(30)27-21-7-5-20(25)6-8-21/h5-14H,1-4H3,(H,27,30)/b19-14-. The molecule has 0 unspecified atom stereocenters. The molecule has 1 N–H and O–H groups in total. The number of amides is 1. The summed E-state index contributed by atoms with van der Waals surface area (Å²) in [4.78, 5) is 14.6. The summed E-state index contributed by atoms with van der Waals surface area (Å²) in [5.41, 5.74) is 5.69. The van der Waals surface area contributed by atoms with Crippen LogP contribution in [-0.4, -0.2) is 24.6 Å². The van der Waals surface area contributed by atoms with E-state index in [1.54, 1.807) is 18.2 Å². The zero-order valence-electron chi connectivity index (χ0n) is 17.4. The summed E-state index contributed by atoms with van der Waals surface area (Å²) in [6.07, 6.45) is 1.64. The number of nitrogens with zero attached hydrogens (tertiary/aromatic N) is 3. The van der Waals surface area contributed by atoms with Crippen molar-refractivity contribution in [1.29, 1.82) is 5.26 Å². The van der Waals surface area contributed by atoms with Gasteiger partial charge in [0.05, 0.1) is 0 Å². The van der Waals surface area contributed by atoms with Crippen LogP contribution < -0.4 is 10.2 Å². The van der Waals surface area contributed by atoms with E-state index >= 15 is 0 Å². The number of benzene rings is 2. The van der Waals surface area contributed by atoms with Crippen molar-refractivity contribution in [3.05, 3.63) is 81.6 Å². The van der Waals surface area contributed by atoms with Crippen molar-refractivity contribution in [2.75, 3.05) is 24.3 Å². The van der Waals surface area contributed by atoms with Gasteiger partial charge in [-0.05, 0) is 80.1 Å². The lowest BCUT2D eigenvalue weighted by molar-refractivity contribution is -0.112. The van der Waals surface area contributed by atoms with E-state index in [-0.39, 0.29) is 5.57 Å². The van der Waals surface area contributed by atoms with Crippen molar-refractivity contribution in [2.45, 2.75) is 13.8 Å². The summed E-state index contributed by atoms with van der Waals surface area (Å²) in [5.74, 6) is -0.431. The zero-order valence-corrected chi connectivity index (χ0v) is 19.0. The van der Waals surface area contributed by atoms with Gasteiger partial charge in [-0.3, -0.25) is 4.79 Å². The first-order valence-corrected chi connectivity index (χ1v) is 10.2. The highest BCUT2D eigenvalue weighted by Crippen LogP contribution is 2.25. The van der Waals surface area contributed by atoms with E-state index in [2.05, 4.69) is 55.0 Å².